The van der Waals surface area contributed by atoms with Gasteiger partial charge in [-0.3, -0.25) is 10.1 Å². The minimum Gasteiger partial charge on any atom is -0.258 e. The van der Waals surface area contributed by atoms with E-state index in [4.69, 9.17) is 0 Å². The van der Waals surface area contributed by atoms with E-state index >= 15 is 0 Å². The van der Waals surface area contributed by atoms with Crippen molar-refractivity contribution in [3.63, 3.8) is 0 Å². The summed E-state index contributed by atoms with van der Waals surface area (Å²) in [4.78, 5) is 32.4. The standard InChI is InChI=1S/C8H6N4O4/c13-7-9-10-8(14)11(7)5-2-1-3-6(4-5)12(15)16/h1-4H,(H,9,13)(H,10,14). The fourth-order valence-electron chi connectivity index (χ4n) is 1.29. The molecule has 16 heavy (non-hydrogen) atoms. The van der Waals surface area contributed by atoms with Crippen molar-refractivity contribution >= 4 is 5.69 Å². The zero-order valence-electron chi connectivity index (χ0n) is 7.84. The molecule has 0 amide bonds. The van der Waals surface area contributed by atoms with Gasteiger partial charge in [-0.1, -0.05) is 6.07 Å². The van der Waals surface area contributed by atoms with Gasteiger partial charge in [0.15, 0.2) is 0 Å². The van der Waals surface area contributed by atoms with Gasteiger partial charge in [-0.15, -0.1) is 0 Å². The molecular weight excluding hydrogens is 216 g/mol. The molecule has 0 fully saturated rings. The second kappa shape index (κ2) is 3.50. The van der Waals surface area contributed by atoms with Gasteiger partial charge in [0.2, 0.25) is 0 Å². The molecular formula is C8H6N4O4. The van der Waals surface area contributed by atoms with Gasteiger partial charge in [0.05, 0.1) is 10.6 Å². The van der Waals surface area contributed by atoms with E-state index in [0.29, 0.717) is 0 Å². The SMILES string of the molecule is O=c1[nH][nH]c(=O)n1-c1cccc([N+](=O)[O-])c1. The maximum atomic E-state index is 11.2. The lowest BCUT2D eigenvalue weighted by atomic mass is 10.3. The molecule has 2 rings (SSSR count). The van der Waals surface area contributed by atoms with Crippen molar-refractivity contribution in [1.82, 2.24) is 14.8 Å². The van der Waals surface area contributed by atoms with Crippen LogP contribution in [0.4, 0.5) is 5.69 Å². The minimum atomic E-state index is -0.675. The predicted octanol–water partition coefficient (Wildman–Crippen LogP) is -0.238. The summed E-state index contributed by atoms with van der Waals surface area (Å²) in [7, 11) is 0. The molecule has 1 heterocycles. The van der Waals surface area contributed by atoms with Crippen molar-refractivity contribution in [3.8, 4) is 5.69 Å². The molecule has 0 radical (unpaired) electrons. The van der Waals surface area contributed by atoms with E-state index in [1.54, 1.807) is 0 Å². The van der Waals surface area contributed by atoms with Crippen LogP contribution >= 0.6 is 0 Å². The third-order valence-corrected chi connectivity index (χ3v) is 1.98. The van der Waals surface area contributed by atoms with Crippen LogP contribution < -0.4 is 11.4 Å². The Labute approximate surface area is 87.3 Å². The number of rotatable bonds is 2. The largest absolute Gasteiger partial charge is 0.348 e. The lowest BCUT2D eigenvalue weighted by molar-refractivity contribution is -0.384. The monoisotopic (exact) mass is 222 g/mol. The Morgan fingerprint density at radius 1 is 1.19 bits per heavy atom. The Hall–Kier alpha value is -2.64. The van der Waals surface area contributed by atoms with Gasteiger partial charge in [0.25, 0.3) is 5.69 Å². The summed E-state index contributed by atoms with van der Waals surface area (Å²) in [5, 5.41) is 14.7. The van der Waals surface area contributed by atoms with E-state index in [0.717, 1.165) is 10.6 Å². The van der Waals surface area contributed by atoms with Crippen LogP contribution in [-0.2, 0) is 0 Å². The summed E-state index contributed by atoms with van der Waals surface area (Å²) in [5.41, 5.74) is -1.40. The summed E-state index contributed by atoms with van der Waals surface area (Å²) < 4.78 is 0.771. The van der Waals surface area contributed by atoms with E-state index in [1.165, 1.54) is 18.2 Å². The zero-order chi connectivity index (χ0) is 11.7. The van der Waals surface area contributed by atoms with Crippen molar-refractivity contribution in [1.29, 1.82) is 0 Å². The fraction of sp³-hybridized carbons (Fsp3) is 0. The quantitative estimate of drug-likeness (QED) is 0.539. The first kappa shape index (κ1) is 9.90. The average Bonchev–Trinajstić information content (AvgIpc) is 2.59. The lowest BCUT2D eigenvalue weighted by Gasteiger charge is -1.97. The second-order valence-electron chi connectivity index (χ2n) is 2.97. The highest BCUT2D eigenvalue weighted by Gasteiger charge is 2.10. The van der Waals surface area contributed by atoms with E-state index in [9.17, 15) is 19.7 Å². The third-order valence-electron chi connectivity index (χ3n) is 1.98. The smallest absolute Gasteiger partial charge is 0.258 e. The van der Waals surface area contributed by atoms with E-state index in [2.05, 4.69) is 10.2 Å². The maximum Gasteiger partial charge on any atom is 0.348 e. The first-order valence-corrected chi connectivity index (χ1v) is 4.24. The van der Waals surface area contributed by atoms with Gasteiger partial charge in [-0.2, -0.15) is 0 Å². The molecule has 0 bridgehead atoms. The number of aromatic amines is 2. The van der Waals surface area contributed by atoms with Gasteiger partial charge >= 0.3 is 11.4 Å². The van der Waals surface area contributed by atoms with E-state index < -0.39 is 16.3 Å². The van der Waals surface area contributed by atoms with Crippen LogP contribution in [0.15, 0.2) is 33.9 Å². The number of nitrogens with zero attached hydrogens (tertiary/aromatic N) is 2. The molecule has 0 spiro atoms. The molecule has 2 aromatic rings. The number of hydrogen-bond acceptors (Lipinski definition) is 4. The fourth-order valence-corrected chi connectivity index (χ4v) is 1.29. The van der Waals surface area contributed by atoms with Crippen molar-refractivity contribution in [2.24, 2.45) is 0 Å². The number of nitrogens with one attached hydrogen (secondary N) is 2. The molecule has 8 nitrogen and oxygen atoms in total. The molecule has 2 N–H and O–H groups in total. The van der Waals surface area contributed by atoms with Gasteiger partial charge in [-0.05, 0) is 6.07 Å². The molecule has 8 heteroatoms. The Bertz CT molecular complexity index is 623. The summed E-state index contributed by atoms with van der Waals surface area (Å²) in [6.07, 6.45) is 0. The first-order valence-electron chi connectivity index (χ1n) is 4.24. The molecule has 0 aliphatic heterocycles. The van der Waals surface area contributed by atoms with Gasteiger partial charge in [0.1, 0.15) is 0 Å². The van der Waals surface area contributed by atoms with Crippen LogP contribution in [0.5, 0.6) is 0 Å². The van der Waals surface area contributed by atoms with E-state index in [-0.39, 0.29) is 11.4 Å². The van der Waals surface area contributed by atoms with Crippen LogP contribution in [0.2, 0.25) is 0 Å². The molecule has 1 aromatic heterocycles. The highest BCUT2D eigenvalue weighted by molar-refractivity contribution is 5.42. The number of hydrogen-bond donors (Lipinski definition) is 2. The average molecular weight is 222 g/mol. The Morgan fingerprint density at radius 3 is 2.38 bits per heavy atom. The Kier molecular flexibility index (Phi) is 2.16. The van der Waals surface area contributed by atoms with E-state index in [1.807, 2.05) is 0 Å². The second-order valence-corrected chi connectivity index (χ2v) is 2.97. The molecule has 0 aliphatic rings. The lowest BCUT2D eigenvalue weighted by Crippen LogP contribution is -2.24. The highest BCUT2D eigenvalue weighted by atomic mass is 16.6. The van der Waals surface area contributed by atoms with Crippen molar-refractivity contribution in [2.75, 3.05) is 0 Å². The van der Waals surface area contributed by atoms with Gasteiger partial charge in [-0.25, -0.2) is 24.4 Å². The highest BCUT2D eigenvalue weighted by Crippen LogP contribution is 2.13. The predicted molar refractivity (Wildman–Crippen MR) is 53.7 cm³/mol. The molecule has 0 atom stereocenters. The minimum absolute atomic E-state index is 0.140. The Morgan fingerprint density at radius 2 is 1.81 bits per heavy atom. The summed E-state index contributed by atoms with van der Waals surface area (Å²) in [6.45, 7) is 0. The molecule has 0 unspecified atom stereocenters. The van der Waals surface area contributed by atoms with Crippen LogP contribution in [0.1, 0.15) is 0 Å². The summed E-state index contributed by atoms with van der Waals surface area (Å²) in [5.74, 6) is 0. The number of non-ortho nitro benzene ring substituents is 1. The number of aromatic nitrogens is 3. The van der Waals surface area contributed by atoms with Gasteiger partial charge in [0, 0.05) is 12.1 Å². The van der Waals surface area contributed by atoms with Crippen LogP contribution in [0, 0.1) is 10.1 Å². The number of nitro benzene ring substituents is 1. The topological polar surface area (TPSA) is 114 Å². The van der Waals surface area contributed by atoms with Crippen LogP contribution in [0.25, 0.3) is 5.69 Å². The molecule has 1 aromatic carbocycles. The summed E-state index contributed by atoms with van der Waals surface area (Å²) >= 11 is 0. The number of H-pyrrole nitrogens is 2. The summed E-state index contributed by atoms with van der Waals surface area (Å²) in [6, 6.07) is 5.24. The van der Waals surface area contributed by atoms with Crippen molar-refractivity contribution < 1.29 is 4.92 Å². The first-order chi connectivity index (χ1) is 7.59. The Balaban J connectivity index is 2.66. The normalized spacial score (nSPS) is 10.2. The van der Waals surface area contributed by atoms with Crippen LogP contribution in [0.3, 0.4) is 0 Å². The number of benzene rings is 1. The molecule has 82 valence electrons. The third kappa shape index (κ3) is 1.52. The van der Waals surface area contributed by atoms with Crippen LogP contribution in [-0.4, -0.2) is 19.7 Å². The zero-order valence-corrected chi connectivity index (χ0v) is 7.84. The molecule has 0 saturated heterocycles. The molecule has 0 saturated carbocycles. The van der Waals surface area contributed by atoms with Crippen molar-refractivity contribution in [3.05, 3.63) is 55.3 Å². The molecule has 0 aliphatic carbocycles. The van der Waals surface area contributed by atoms with Gasteiger partial charge < -0.3 is 0 Å². The number of nitro groups is 1. The van der Waals surface area contributed by atoms with Crippen molar-refractivity contribution in [2.45, 2.75) is 0 Å². The maximum absolute atomic E-state index is 11.2.